The Kier molecular flexibility index (Phi) is 8.77. The van der Waals surface area contributed by atoms with Crippen LogP contribution in [0.4, 0.5) is 10.1 Å². The maximum Gasteiger partial charge on any atom is 0.227 e. The number of anilines is 1. The predicted octanol–water partition coefficient (Wildman–Crippen LogP) is 7.36. The molecule has 4 nitrogen and oxygen atoms in total. The molecule has 4 atom stereocenters. The van der Waals surface area contributed by atoms with Crippen LogP contribution >= 0.6 is 20.8 Å². The molecule has 4 aliphatic rings. The Hall–Kier alpha value is -1.94. The lowest BCUT2D eigenvalue weighted by Gasteiger charge is -2.44. The maximum atomic E-state index is 15.3. The summed E-state index contributed by atoms with van der Waals surface area (Å²) in [7, 11) is 2.93. The number of nitrogens with one attached hydrogen (secondary N) is 1. The highest BCUT2D eigenvalue weighted by molar-refractivity contribution is 7.20. The van der Waals surface area contributed by atoms with Gasteiger partial charge in [-0.2, -0.15) is 0 Å². The second-order valence-corrected chi connectivity index (χ2v) is 12.5. The van der Waals surface area contributed by atoms with Crippen LogP contribution in [0.2, 0.25) is 5.02 Å². The van der Waals surface area contributed by atoms with Gasteiger partial charge in [0, 0.05) is 23.3 Å². The number of nitrogens with zero attached hydrogens (tertiary/aromatic N) is 1. The van der Waals surface area contributed by atoms with Crippen molar-refractivity contribution in [1.82, 2.24) is 4.90 Å². The summed E-state index contributed by atoms with van der Waals surface area (Å²) in [5, 5.41) is 3.72. The van der Waals surface area contributed by atoms with Crippen LogP contribution in [0.1, 0.15) is 63.9 Å². The minimum Gasteiger partial charge on any atom is -0.376 e. The van der Waals surface area contributed by atoms with Crippen molar-refractivity contribution in [1.29, 1.82) is 0 Å². The summed E-state index contributed by atoms with van der Waals surface area (Å²) in [5.74, 6) is -0.229. The zero-order valence-electron chi connectivity index (χ0n) is 22.2. The topological polar surface area (TPSA) is 41.6 Å². The first-order valence-electron chi connectivity index (χ1n) is 14.1. The van der Waals surface area contributed by atoms with E-state index in [4.69, 9.17) is 16.3 Å². The summed E-state index contributed by atoms with van der Waals surface area (Å²) in [6.07, 6.45) is 21.9. The lowest BCUT2D eigenvalue weighted by molar-refractivity contribution is -0.133. The molecule has 1 aromatic rings. The number of ether oxygens (including phenoxy) is 1. The Balaban J connectivity index is 1.24. The molecule has 1 saturated heterocycles. The summed E-state index contributed by atoms with van der Waals surface area (Å²) < 4.78 is 21.4. The van der Waals surface area contributed by atoms with Crippen LogP contribution in [0.15, 0.2) is 59.9 Å². The Bertz CT molecular complexity index is 1170. The van der Waals surface area contributed by atoms with Crippen molar-refractivity contribution in [3.8, 4) is 0 Å². The van der Waals surface area contributed by atoms with Crippen molar-refractivity contribution in [2.24, 2.45) is 5.92 Å². The summed E-state index contributed by atoms with van der Waals surface area (Å²) in [4.78, 5) is 15.1. The normalized spacial score (nSPS) is 27.2. The molecule has 0 radical (unpaired) electrons. The molecular formula is C31H39ClFN2O2P. The van der Waals surface area contributed by atoms with E-state index in [1.54, 1.807) is 6.07 Å². The number of allylic oxidation sites excluding steroid dienone is 7. The van der Waals surface area contributed by atoms with E-state index < -0.39 is 5.82 Å². The first-order chi connectivity index (χ1) is 18.4. The zero-order valence-corrected chi connectivity index (χ0v) is 24.1. The number of amides is 1. The van der Waals surface area contributed by atoms with Gasteiger partial charge >= 0.3 is 0 Å². The van der Waals surface area contributed by atoms with E-state index in [1.807, 2.05) is 4.90 Å². The summed E-state index contributed by atoms with van der Waals surface area (Å²) in [6, 6.07) is 3.10. The molecule has 2 fully saturated rings. The average Bonchev–Trinajstić information content (AvgIpc) is 3.37. The number of benzene rings is 1. The van der Waals surface area contributed by atoms with Crippen molar-refractivity contribution in [3.05, 3.63) is 76.3 Å². The molecule has 38 heavy (non-hydrogen) atoms. The number of hydrogen-bond acceptors (Lipinski definition) is 3. The molecule has 7 heteroatoms. The van der Waals surface area contributed by atoms with Crippen LogP contribution in [-0.4, -0.2) is 41.3 Å². The number of carbonyl (C=O) groups is 1. The van der Waals surface area contributed by atoms with Crippen LogP contribution in [-0.2, 0) is 16.0 Å². The van der Waals surface area contributed by atoms with Crippen LogP contribution in [0, 0.1) is 11.7 Å². The number of hydrogen-bond donors (Lipinski definition) is 1. The van der Waals surface area contributed by atoms with Crippen LogP contribution in [0.25, 0.3) is 0 Å². The lowest BCUT2D eigenvalue weighted by Crippen LogP contribution is -2.40. The van der Waals surface area contributed by atoms with E-state index in [-0.39, 0.29) is 29.4 Å². The molecule has 0 aromatic heterocycles. The first kappa shape index (κ1) is 27.6. The van der Waals surface area contributed by atoms with Gasteiger partial charge in [-0.1, -0.05) is 74.2 Å². The third kappa shape index (κ3) is 5.96. The number of halogens is 2. The fourth-order valence-corrected chi connectivity index (χ4v) is 6.99. The molecule has 1 heterocycles. The van der Waals surface area contributed by atoms with E-state index >= 15 is 4.39 Å². The molecule has 0 bridgehead atoms. The maximum absolute atomic E-state index is 15.3. The van der Waals surface area contributed by atoms with Gasteiger partial charge in [-0.3, -0.25) is 4.79 Å². The minimum absolute atomic E-state index is 0.00333. The highest BCUT2D eigenvalue weighted by atomic mass is 35.5. The Morgan fingerprint density at radius 2 is 2.05 bits per heavy atom. The Morgan fingerprint density at radius 1 is 1.24 bits per heavy atom. The average molecular weight is 557 g/mol. The van der Waals surface area contributed by atoms with E-state index in [0.717, 1.165) is 37.8 Å². The fraction of sp³-hybridized carbons (Fsp3) is 0.516. The van der Waals surface area contributed by atoms with Gasteiger partial charge in [0.1, 0.15) is 5.82 Å². The predicted molar refractivity (Wildman–Crippen MR) is 157 cm³/mol. The first-order valence-corrected chi connectivity index (χ1v) is 15.1. The molecule has 3 aliphatic carbocycles. The molecule has 1 saturated carbocycles. The molecule has 1 N–H and O–H groups in total. The molecule has 4 unspecified atom stereocenters. The molecule has 1 aliphatic heterocycles. The fourth-order valence-electron chi connectivity index (χ4n) is 6.18. The lowest BCUT2D eigenvalue weighted by atomic mass is 9.70. The van der Waals surface area contributed by atoms with Gasteiger partial charge in [0.05, 0.1) is 35.9 Å². The van der Waals surface area contributed by atoms with Crippen LogP contribution in [0.5, 0.6) is 0 Å². The standard InChI is InChI=1S/C31H39ClFN2O2P/c1-2-9-28(24-19-31(38)14-7-6-13-25(24)31)34-29-18-27(33)21(16-26(29)32)17-30(36)35-15-8-10-22(35)20-37-23-11-4-3-5-12-23/h6-7,9,13-14,16,18-19,22-23,25,34H,2-5,8,10-12,15,17,20,38H2,1H3. The number of likely N-dealkylation sites (tertiary alicyclic amines) is 1. The monoisotopic (exact) mass is 556 g/mol. The summed E-state index contributed by atoms with van der Waals surface area (Å²) in [5.41, 5.74) is 2.96. The SMILES string of the molecule is CCC=C(Nc1cc(F)c(CC(=O)N2CCCC2COC2CCCCC2)cc1Cl)C1=CC2(P)C=CC=CC12. The minimum atomic E-state index is -0.418. The number of carbonyl (C=O) groups excluding carboxylic acids is 1. The van der Waals surface area contributed by atoms with Crippen LogP contribution < -0.4 is 5.32 Å². The van der Waals surface area contributed by atoms with E-state index in [0.29, 0.717) is 35.5 Å². The van der Waals surface area contributed by atoms with Gasteiger partial charge in [0.25, 0.3) is 0 Å². The van der Waals surface area contributed by atoms with Gasteiger partial charge in [-0.25, -0.2) is 4.39 Å². The van der Waals surface area contributed by atoms with Gasteiger partial charge < -0.3 is 15.0 Å². The largest absolute Gasteiger partial charge is 0.376 e. The highest BCUT2D eigenvalue weighted by Gasteiger charge is 2.42. The molecule has 204 valence electrons. The quantitative estimate of drug-likeness (QED) is 0.323. The second kappa shape index (κ2) is 12.1. The summed E-state index contributed by atoms with van der Waals surface area (Å²) >= 11 is 6.63. The van der Waals surface area contributed by atoms with E-state index in [1.165, 1.54) is 30.9 Å². The van der Waals surface area contributed by atoms with Gasteiger partial charge in [0.2, 0.25) is 5.91 Å². The van der Waals surface area contributed by atoms with E-state index in [2.05, 4.69) is 57.9 Å². The van der Waals surface area contributed by atoms with Crippen molar-refractivity contribution >= 4 is 32.4 Å². The molecule has 5 rings (SSSR count). The van der Waals surface area contributed by atoms with Crippen molar-refractivity contribution in [3.63, 3.8) is 0 Å². The third-order valence-electron chi connectivity index (χ3n) is 8.32. The van der Waals surface area contributed by atoms with Gasteiger partial charge in [-0.15, -0.1) is 9.24 Å². The van der Waals surface area contributed by atoms with Crippen LogP contribution in [0.3, 0.4) is 0 Å². The zero-order chi connectivity index (χ0) is 26.7. The molecule has 1 aromatic carbocycles. The van der Waals surface area contributed by atoms with Gasteiger partial charge in [0.15, 0.2) is 0 Å². The highest BCUT2D eigenvalue weighted by Crippen LogP contribution is 2.51. The van der Waals surface area contributed by atoms with Crippen molar-refractivity contribution < 1.29 is 13.9 Å². The Labute approximate surface area is 233 Å². The second-order valence-electron chi connectivity index (χ2n) is 11.0. The molecule has 0 spiro atoms. The number of rotatable bonds is 9. The van der Waals surface area contributed by atoms with Gasteiger partial charge in [-0.05, 0) is 55.4 Å². The molecular weight excluding hydrogens is 518 g/mol. The van der Waals surface area contributed by atoms with Crippen molar-refractivity contribution in [2.45, 2.75) is 82.0 Å². The Morgan fingerprint density at radius 3 is 2.82 bits per heavy atom. The van der Waals surface area contributed by atoms with Crippen molar-refractivity contribution in [2.75, 3.05) is 18.5 Å². The number of fused-ring (bicyclic) bond motifs is 1. The third-order valence-corrected chi connectivity index (χ3v) is 9.35. The smallest absolute Gasteiger partial charge is 0.227 e. The summed E-state index contributed by atoms with van der Waals surface area (Å²) in [6.45, 7) is 3.36. The van der Waals surface area contributed by atoms with E-state index in [9.17, 15) is 4.79 Å². The molecule has 1 amide bonds.